The van der Waals surface area contributed by atoms with Gasteiger partial charge >= 0.3 is 5.97 Å². The van der Waals surface area contributed by atoms with Crippen LogP contribution in [0.25, 0.3) is 6.08 Å². The van der Waals surface area contributed by atoms with Gasteiger partial charge in [-0.1, -0.05) is 61.6 Å². The second-order valence-electron chi connectivity index (χ2n) is 3.67. The third-order valence-corrected chi connectivity index (χ3v) is 2.25. The number of benzene rings is 1. The molecule has 0 aliphatic rings. The largest absolute Gasteiger partial charge is 0.481 e. The Hall–Kier alpha value is -1.83. The summed E-state index contributed by atoms with van der Waals surface area (Å²) in [5.41, 5.74) is 1.14. The maximum absolute atomic E-state index is 10.5. The molecule has 0 aliphatic carbocycles. The SMILES string of the molecule is CC(CC=CC=Cc1ccccc1)C(=O)O. The van der Waals surface area contributed by atoms with Crippen molar-refractivity contribution < 1.29 is 9.90 Å². The third kappa shape index (κ3) is 4.60. The minimum atomic E-state index is -0.753. The van der Waals surface area contributed by atoms with Gasteiger partial charge < -0.3 is 5.11 Å². The predicted molar refractivity (Wildman–Crippen MR) is 66.0 cm³/mol. The van der Waals surface area contributed by atoms with Gasteiger partial charge in [0, 0.05) is 0 Å². The second kappa shape index (κ2) is 6.62. The summed E-state index contributed by atoms with van der Waals surface area (Å²) in [6.45, 7) is 1.70. The zero-order valence-corrected chi connectivity index (χ0v) is 9.34. The van der Waals surface area contributed by atoms with Crippen molar-refractivity contribution in [3.05, 3.63) is 54.1 Å². The van der Waals surface area contributed by atoms with Gasteiger partial charge in [-0.05, 0) is 12.0 Å². The molecule has 1 N–H and O–H groups in total. The molecule has 0 saturated carbocycles. The van der Waals surface area contributed by atoms with Crippen LogP contribution in [0.15, 0.2) is 48.6 Å². The molecular weight excluding hydrogens is 200 g/mol. The Bertz CT molecular complexity index is 377. The van der Waals surface area contributed by atoms with E-state index in [-0.39, 0.29) is 5.92 Å². The van der Waals surface area contributed by atoms with E-state index < -0.39 is 5.97 Å². The molecule has 1 rings (SSSR count). The molecule has 0 saturated heterocycles. The number of hydrogen-bond donors (Lipinski definition) is 1. The fraction of sp³-hybridized carbons (Fsp3) is 0.214. The highest BCUT2D eigenvalue weighted by molar-refractivity contribution is 5.69. The van der Waals surface area contributed by atoms with Gasteiger partial charge in [-0.2, -0.15) is 0 Å². The number of rotatable bonds is 5. The van der Waals surface area contributed by atoms with E-state index in [1.807, 2.05) is 54.6 Å². The molecule has 2 nitrogen and oxygen atoms in total. The Balaban J connectivity index is 2.37. The van der Waals surface area contributed by atoms with Gasteiger partial charge in [0.1, 0.15) is 0 Å². The Labute approximate surface area is 95.9 Å². The number of carbonyl (C=O) groups is 1. The summed E-state index contributed by atoms with van der Waals surface area (Å²) < 4.78 is 0. The first-order valence-corrected chi connectivity index (χ1v) is 5.31. The summed E-state index contributed by atoms with van der Waals surface area (Å²) in [5.74, 6) is -1.07. The smallest absolute Gasteiger partial charge is 0.306 e. The lowest BCUT2D eigenvalue weighted by molar-refractivity contribution is -0.140. The zero-order valence-electron chi connectivity index (χ0n) is 9.34. The van der Waals surface area contributed by atoms with Crippen molar-refractivity contribution in [1.29, 1.82) is 0 Å². The van der Waals surface area contributed by atoms with Crippen LogP contribution in [-0.4, -0.2) is 11.1 Å². The molecule has 0 amide bonds. The molecule has 1 unspecified atom stereocenters. The molecule has 0 heterocycles. The number of carboxylic acids is 1. The van der Waals surface area contributed by atoms with Crippen LogP contribution < -0.4 is 0 Å². The van der Waals surface area contributed by atoms with Gasteiger partial charge in [-0.25, -0.2) is 0 Å². The fourth-order valence-corrected chi connectivity index (χ4v) is 1.19. The first-order valence-electron chi connectivity index (χ1n) is 5.31. The number of carboxylic acid groups (broad SMARTS) is 1. The number of aliphatic carboxylic acids is 1. The van der Waals surface area contributed by atoms with Crippen molar-refractivity contribution in [3.8, 4) is 0 Å². The lowest BCUT2D eigenvalue weighted by Crippen LogP contribution is -2.07. The van der Waals surface area contributed by atoms with E-state index in [4.69, 9.17) is 5.11 Å². The topological polar surface area (TPSA) is 37.3 Å². The highest BCUT2D eigenvalue weighted by Gasteiger charge is 2.06. The minimum Gasteiger partial charge on any atom is -0.481 e. The van der Waals surface area contributed by atoms with E-state index in [1.165, 1.54) is 0 Å². The van der Waals surface area contributed by atoms with Crippen LogP contribution in [0.1, 0.15) is 18.9 Å². The van der Waals surface area contributed by atoms with E-state index in [9.17, 15) is 4.79 Å². The molecule has 84 valence electrons. The molecule has 16 heavy (non-hydrogen) atoms. The van der Waals surface area contributed by atoms with Crippen molar-refractivity contribution in [1.82, 2.24) is 0 Å². The van der Waals surface area contributed by atoms with Crippen LogP contribution >= 0.6 is 0 Å². The van der Waals surface area contributed by atoms with Crippen LogP contribution in [0.4, 0.5) is 0 Å². The van der Waals surface area contributed by atoms with Crippen LogP contribution in [-0.2, 0) is 4.79 Å². The quantitative estimate of drug-likeness (QED) is 0.766. The average molecular weight is 216 g/mol. The third-order valence-electron chi connectivity index (χ3n) is 2.25. The molecule has 2 heteroatoms. The molecule has 0 aromatic heterocycles. The van der Waals surface area contributed by atoms with Crippen molar-refractivity contribution in [2.24, 2.45) is 5.92 Å². The van der Waals surface area contributed by atoms with Crippen LogP contribution in [0.3, 0.4) is 0 Å². The highest BCUT2D eigenvalue weighted by atomic mass is 16.4. The van der Waals surface area contributed by atoms with E-state index in [2.05, 4.69) is 0 Å². The molecule has 0 bridgehead atoms. The second-order valence-corrected chi connectivity index (χ2v) is 3.67. The molecule has 1 atom stereocenters. The van der Waals surface area contributed by atoms with Gasteiger partial charge in [0.25, 0.3) is 0 Å². The predicted octanol–water partition coefficient (Wildman–Crippen LogP) is 3.37. The van der Waals surface area contributed by atoms with Crippen LogP contribution in [0, 0.1) is 5.92 Å². The maximum Gasteiger partial charge on any atom is 0.306 e. The molecule has 0 spiro atoms. The molecular formula is C14H16O2. The molecule has 1 aromatic rings. The van der Waals surface area contributed by atoms with E-state index in [1.54, 1.807) is 6.92 Å². The lowest BCUT2D eigenvalue weighted by atomic mass is 10.1. The number of hydrogen-bond acceptors (Lipinski definition) is 1. The average Bonchev–Trinajstić information content (AvgIpc) is 2.29. The Kier molecular flexibility index (Phi) is 5.06. The minimum absolute atomic E-state index is 0.318. The first-order chi connectivity index (χ1) is 7.70. The molecule has 0 aliphatic heterocycles. The summed E-state index contributed by atoms with van der Waals surface area (Å²) >= 11 is 0. The van der Waals surface area contributed by atoms with Gasteiger partial charge in [0.15, 0.2) is 0 Å². The summed E-state index contributed by atoms with van der Waals surface area (Å²) in [4.78, 5) is 10.5. The summed E-state index contributed by atoms with van der Waals surface area (Å²) in [5, 5.41) is 8.66. The summed E-state index contributed by atoms with van der Waals surface area (Å²) in [6.07, 6.45) is 8.23. The number of allylic oxidation sites excluding steroid dienone is 3. The molecule has 0 fully saturated rings. The first kappa shape index (κ1) is 12.2. The molecule has 1 aromatic carbocycles. The Morgan fingerprint density at radius 2 is 2.00 bits per heavy atom. The van der Waals surface area contributed by atoms with Crippen molar-refractivity contribution in [2.45, 2.75) is 13.3 Å². The Morgan fingerprint density at radius 1 is 1.31 bits per heavy atom. The monoisotopic (exact) mass is 216 g/mol. The standard InChI is InChI=1S/C14H16O2/c1-12(14(15)16)8-4-2-5-9-13-10-6-3-7-11-13/h2-7,9-12H,8H2,1H3,(H,15,16). The van der Waals surface area contributed by atoms with Gasteiger partial charge in [0.2, 0.25) is 0 Å². The maximum atomic E-state index is 10.5. The zero-order chi connectivity index (χ0) is 11.8. The van der Waals surface area contributed by atoms with E-state index >= 15 is 0 Å². The van der Waals surface area contributed by atoms with E-state index in [0.717, 1.165) is 5.56 Å². The summed E-state index contributed by atoms with van der Waals surface area (Å²) in [6, 6.07) is 9.97. The van der Waals surface area contributed by atoms with Crippen molar-refractivity contribution >= 4 is 12.0 Å². The highest BCUT2D eigenvalue weighted by Crippen LogP contribution is 2.04. The Morgan fingerprint density at radius 3 is 2.62 bits per heavy atom. The van der Waals surface area contributed by atoms with Gasteiger partial charge in [-0.3, -0.25) is 4.79 Å². The normalized spacial score (nSPS) is 13.3. The molecule has 0 radical (unpaired) electrons. The van der Waals surface area contributed by atoms with Crippen LogP contribution in [0.5, 0.6) is 0 Å². The lowest BCUT2D eigenvalue weighted by Gasteiger charge is -1.98. The van der Waals surface area contributed by atoms with Crippen LogP contribution in [0.2, 0.25) is 0 Å². The van der Waals surface area contributed by atoms with E-state index in [0.29, 0.717) is 6.42 Å². The summed E-state index contributed by atoms with van der Waals surface area (Å²) in [7, 11) is 0. The van der Waals surface area contributed by atoms with Crippen molar-refractivity contribution in [3.63, 3.8) is 0 Å². The van der Waals surface area contributed by atoms with Crippen molar-refractivity contribution in [2.75, 3.05) is 0 Å². The van der Waals surface area contributed by atoms with Gasteiger partial charge in [0.05, 0.1) is 5.92 Å². The fourth-order valence-electron chi connectivity index (χ4n) is 1.19. The van der Waals surface area contributed by atoms with Gasteiger partial charge in [-0.15, -0.1) is 0 Å².